The van der Waals surface area contributed by atoms with Gasteiger partial charge in [0.25, 0.3) is 0 Å². The lowest BCUT2D eigenvalue weighted by atomic mass is 10.0. The van der Waals surface area contributed by atoms with Crippen molar-refractivity contribution in [3.8, 4) is 28.0 Å². The minimum Gasteiger partial charge on any atom is -0.486 e. The van der Waals surface area contributed by atoms with E-state index in [2.05, 4.69) is 71.7 Å². The van der Waals surface area contributed by atoms with Crippen LogP contribution in [0.3, 0.4) is 0 Å². The van der Waals surface area contributed by atoms with E-state index in [1.54, 1.807) is 0 Å². The Balaban J connectivity index is 1.20. The molecule has 2 aromatic carbocycles. The van der Waals surface area contributed by atoms with Crippen molar-refractivity contribution in [2.75, 3.05) is 19.6 Å². The molecule has 1 aliphatic heterocycles. The molecule has 1 saturated heterocycles. The first-order valence-corrected chi connectivity index (χ1v) is 12.2. The van der Waals surface area contributed by atoms with Crippen LogP contribution in [0.25, 0.3) is 27.9 Å². The third kappa shape index (κ3) is 4.13. The fourth-order valence-corrected chi connectivity index (χ4v) is 4.93. The molecule has 0 amide bonds. The van der Waals surface area contributed by atoms with E-state index in [0.29, 0.717) is 0 Å². The standard InChI is InChI=1S/C28H30N4O/c1-2-21-6-5-7-23(16-21)26-18-30-32-19-24(17-29-27(26)32)22-8-10-25(11-9-22)33-28(12-13-28)20-31-14-3-4-15-31/h5-11,16-19H,2-4,12-15,20H2,1H3. The molecule has 0 atom stereocenters. The average Bonchev–Trinajstić information content (AvgIpc) is 3.23. The maximum atomic E-state index is 6.43. The second kappa shape index (κ2) is 8.31. The molecule has 0 N–H and O–H groups in total. The summed E-state index contributed by atoms with van der Waals surface area (Å²) in [4.78, 5) is 7.32. The van der Waals surface area contributed by atoms with E-state index in [4.69, 9.17) is 9.72 Å². The highest BCUT2D eigenvalue weighted by molar-refractivity contribution is 5.78. The van der Waals surface area contributed by atoms with Crippen LogP contribution in [0.15, 0.2) is 67.1 Å². The Morgan fingerprint density at radius 2 is 1.76 bits per heavy atom. The molecule has 3 heterocycles. The maximum absolute atomic E-state index is 6.43. The fourth-order valence-electron chi connectivity index (χ4n) is 4.93. The van der Waals surface area contributed by atoms with Crippen molar-refractivity contribution in [3.63, 3.8) is 0 Å². The molecule has 0 spiro atoms. The minimum atomic E-state index is 0.0346. The molecule has 2 aliphatic rings. The number of aromatic nitrogens is 3. The summed E-state index contributed by atoms with van der Waals surface area (Å²) in [7, 11) is 0. The molecule has 2 aromatic heterocycles. The lowest BCUT2D eigenvalue weighted by molar-refractivity contribution is 0.126. The summed E-state index contributed by atoms with van der Waals surface area (Å²) in [5.74, 6) is 0.960. The van der Waals surface area contributed by atoms with Crippen LogP contribution in [0, 0.1) is 0 Å². The Hall–Kier alpha value is -3.18. The van der Waals surface area contributed by atoms with Gasteiger partial charge >= 0.3 is 0 Å². The van der Waals surface area contributed by atoms with E-state index in [9.17, 15) is 0 Å². The molecule has 33 heavy (non-hydrogen) atoms. The van der Waals surface area contributed by atoms with Gasteiger partial charge in [-0.3, -0.25) is 4.90 Å². The second-order valence-electron chi connectivity index (χ2n) is 9.52. The van der Waals surface area contributed by atoms with Crippen LogP contribution in [0.1, 0.15) is 38.2 Å². The first-order valence-electron chi connectivity index (χ1n) is 12.2. The lowest BCUT2D eigenvalue weighted by Gasteiger charge is -2.24. The quantitative estimate of drug-likeness (QED) is 0.375. The Labute approximate surface area is 195 Å². The van der Waals surface area contributed by atoms with Gasteiger partial charge in [-0.05, 0) is 74.0 Å². The van der Waals surface area contributed by atoms with Gasteiger partial charge in [0, 0.05) is 30.1 Å². The zero-order valence-corrected chi connectivity index (χ0v) is 19.2. The Morgan fingerprint density at radius 3 is 2.52 bits per heavy atom. The van der Waals surface area contributed by atoms with Crippen molar-refractivity contribution in [1.29, 1.82) is 0 Å². The normalized spacial score (nSPS) is 17.5. The fraction of sp³-hybridized carbons (Fsp3) is 0.357. The monoisotopic (exact) mass is 438 g/mol. The zero-order chi connectivity index (χ0) is 22.3. The maximum Gasteiger partial charge on any atom is 0.162 e. The van der Waals surface area contributed by atoms with E-state index in [1.807, 2.05) is 16.9 Å². The number of hydrogen-bond donors (Lipinski definition) is 0. The number of benzene rings is 2. The second-order valence-corrected chi connectivity index (χ2v) is 9.52. The van der Waals surface area contributed by atoms with E-state index in [0.717, 1.165) is 59.5 Å². The van der Waals surface area contributed by atoms with Crippen molar-refractivity contribution >= 4 is 5.65 Å². The molecule has 1 saturated carbocycles. The molecule has 1 aliphatic carbocycles. The number of fused-ring (bicyclic) bond motifs is 1. The van der Waals surface area contributed by atoms with Crippen LogP contribution in [-0.2, 0) is 6.42 Å². The summed E-state index contributed by atoms with van der Waals surface area (Å²) in [6.07, 6.45) is 11.9. The summed E-state index contributed by atoms with van der Waals surface area (Å²) < 4.78 is 8.31. The first-order chi connectivity index (χ1) is 16.2. The SMILES string of the molecule is CCc1cccc(-c2cnn3cc(-c4ccc(OC5(CN6CCCC6)CC5)cc4)cnc23)c1. The Morgan fingerprint density at radius 1 is 0.939 bits per heavy atom. The molecular formula is C28H30N4O. The van der Waals surface area contributed by atoms with Gasteiger partial charge in [0.1, 0.15) is 11.4 Å². The highest BCUT2D eigenvalue weighted by Gasteiger charge is 2.47. The number of nitrogens with zero attached hydrogens (tertiary/aromatic N) is 4. The van der Waals surface area contributed by atoms with E-state index in [1.165, 1.54) is 31.5 Å². The molecule has 6 rings (SSSR count). The van der Waals surface area contributed by atoms with Crippen LogP contribution >= 0.6 is 0 Å². The van der Waals surface area contributed by atoms with Gasteiger partial charge in [0.15, 0.2) is 5.65 Å². The minimum absolute atomic E-state index is 0.0346. The van der Waals surface area contributed by atoms with Crippen LogP contribution in [0.5, 0.6) is 5.75 Å². The lowest BCUT2D eigenvalue weighted by Crippen LogP contribution is -2.35. The molecule has 4 aromatic rings. The predicted molar refractivity (Wildman–Crippen MR) is 132 cm³/mol. The van der Waals surface area contributed by atoms with Gasteiger partial charge in [0.2, 0.25) is 0 Å². The first kappa shape index (κ1) is 20.4. The third-order valence-electron chi connectivity index (χ3n) is 7.04. The Kier molecular flexibility index (Phi) is 5.14. The van der Waals surface area contributed by atoms with Gasteiger partial charge in [0.05, 0.1) is 6.20 Å². The van der Waals surface area contributed by atoms with Gasteiger partial charge in [-0.25, -0.2) is 9.50 Å². The molecule has 168 valence electrons. The number of ether oxygens (including phenoxy) is 1. The molecule has 0 bridgehead atoms. The van der Waals surface area contributed by atoms with Crippen LogP contribution in [-0.4, -0.2) is 44.7 Å². The predicted octanol–water partition coefficient (Wildman–Crippen LogP) is 5.63. The molecule has 0 unspecified atom stereocenters. The van der Waals surface area contributed by atoms with Gasteiger partial charge < -0.3 is 4.74 Å². The zero-order valence-electron chi connectivity index (χ0n) is 19.2. The van der Waals surface area contributed by atoms with Crippen LogP contribution in [0.2, 0.25) is 0 Å². The van der Waals surface area contributed by atoms with Crippen molar-refractivity contribution in [2.24, 2.45) is 0 Å². The summed E-state index contributed by atoms with van der Waals surface area (Å²) in [6.45, 7) is 5.68. The third-order valence-corrected chi connectivity index (χ3v) is 7.04. The van der Waals surface area contributed by atoms with Crippen molar-refractivity contribution in [3.05, 3.63) is 72.7 Å². The summed E-state index contributed by atoms with van der Waals surface area (Å²) >= 11 is 0. The smallest absolute Gasteiger partial charge is 0.162 e. The summed E-state index contributed by atoms with van der Waals surface area (Å²) in [6, 6.07) is 17.0. The molecule has 5 heteroatoms. The molecular weight excluding hydrogens is 408 g/mol. The molecule has 5 nitrogen and oxygen atoms in total. The van der Waals surface area contributed by atoms with Crippen LogP contribution in [0.4, 0.5) is 0 Å². The van der Waals surface area contributed by atoms with Gasteiger partial charge in [-0.1, -0.05) is 43.3 Å². The molecule has 0 radical (unpaired) electrons. The highest BCUT2D eigenvalue weighted by Crippen LogP contribution is 2.41. The number of rotatable bonds is 7. The Bertz CT molecular complexity index is 1270. The topological polar surface area (TPSA) is 42.7 Å². The van der Waals surface area contributed by atoms with E-state index < -0.39 is 0 Å². The largest absolute Gasteiger partial charge is 0.486 e. The van der Waals surface area contributed by atoms with E-state index >= 15 is 0 Å². The van der Waals surface area contributed by atoms with Gasteiger partial charge in [-0.2, -0.15) is 5.10 Å². The molecule has 2 fully saturated rings. The van der Waals surface area contributed by atoms with E-state index in [-0.39, 0.29) is 5.60 Å². The average molecular weight is 439 g/mol. The number of hydrogen-bond acceptors (Lipinski definition) is 4. The van der Waals surface area contributed by atoms with Crippen LogP contribution < -0.4 is 4.74 Å². The van der Waals surface area contributed by atoms with Gasteiger partial charge in [-0.15, -0.1) is 0 Å². The van der Waals surface area contributed by atoms with Crippen molar-refractivity contribution < 1.29 is 4.74 Å². The highest BCUT2D eigenvalue weighted by atomic mass is 16.5. The van der Waals surface area contributed by atoms with Crippen molar-refractivity contribution in [1.82, 2.24) is 19.5 Å². The number of aryl methyl sites for hydroxylation is 1. The van der Waals surface area contributed by atoms with Crippen molar-refractivity contribution in [2.45, 2.75) is 44.6 Å². The summed E-state index contributed by atoms with van der Waals surface area (Å²) in [5, 5.41) is 4.58. The number of likely N-dealkylation sites (tertiary alicyclic amines) is 1. The summed E-state index contributed by atoms with van der Waals surface area (Å²) in [5.41, 5.74) is 6.62.